The lowest BCUT2D eigenvalue weighted by molar-refractivity contribution is 0.669. The molecule has 0 saturated heterocycles. The van der Waals surface area contributed by atoms with Gasteiger partial charge >= 0.3 is 0 Å². The summed E-state index contributed by atoms with van der Waals surface area (Å²) in [7, 11) is 0. The molecule has 0 fully saturated rings. The SMILES string of the molecule is c1ccc(-c2ccc(-c3cccc(-c4ccc(-c5ccccc5)cc4-c4cc5oc6ccccc6c5c5c4[nH]c4ccccc45)c3)cc2)cc1. The molecule has 2 nitrogen and oxygen atoms in total. The zero-order valence-electron chi connectivity index (χ0n) is 27.2. The number of hydrogen-bond donors (Lipinski definition) is 1. The summed E-state index contributed by atoms with van der Waals surface area (Å²) in [4.78, 5) is 3.84. The maximum Gasteiger partial charge on any atom is 0.136 e. The van der Waals surface area contributed by atoms with Gasteiger partial charge in [-0.15, -0.1) is 0 Å². The molecule has 50 heavy (non-hydrogen) atoms. The zero-order chi connectivity index (χ0) is 33.0. The maximum absolute atomic E-state index is 6.61. The quantitative estimate of drug-likeness (QED) is 0.200. The van der Waals surface area contributed by atoms with Crippen LogP contribution in [-0.2, 0) is 0 Å². The van der Waals surface area contributed by atoms with Crippen LogP contribution in [0.1, 0.15) is 0 Å². The van der Waals surface area contributed by atoms with E-state index in [1.54, 1.807) is 0 Å². The molecule has 2 aromatic heterocycles. The highest BCUT2D eigenvalue weighted by Crippen LogP contribution is 2.46. The van der Waals surface area contributed by atoms with Gasteiger partial charge in [-0.1, -0.05) is 152 Å². The first-order valence-corrected chi connectivity index (χ1v) is 17.1. The highest BCUT2D eigenvalue weighted by Gasteiger charge is 2.21. The van der Waals surface area contributed by atoms with Crippen molar-refractivity contribution in [2.75, 3.05) is 0 Å². The van der Waals surface area contributed by atoms with Crippen molar-refractivity contribution in [2.24, 2.45) is 0 Å². The Balaban J connectivity index is 1.21. The van der Waals surface area contributed by atoms with Gasteiger partial charge in [0.05, 0.1) is 5.52 Å². The van der Waals surface area contributed by atoms with Gasteiger partial charge in [-0.2, -0.15) is 0 Å². The number of benzene rings is 8. The summed E-state index contributed by atoms with van der Waals surface area (Å²) in [6.07, 6.45) is 0. The molecule has 1 N–H and O–H groups in total. The van der Waals surface area contributed by atoms with E-state index in [2.05, 4.69) is 181 Å². The second-order valence-corrected chi connectivity index (χ2v) is 13.0. The summed E-state index contributed by atoms with van der Waals surface area (Å²) in [5.41, 5.74) is 15.8. The van der Waals surface area contributed by atoms with Gasteiger partial charge in [0.15, 0.2) is 0 Å². The first kappa shape index (κ1) is 28.4. The number of fused-ring (bicyclic) bond motifs is 7. The molecule has 0 spiro atoms. The van der Waals surface area contributed by atoms with Gasteiger partial charge < -0.3 is 9.40 Å². The zero-order valence-corrected chi connectivity index (χ0v) is 27.2. The number of aromatic nitrogens is 1. The van der Waals surface area contributed by atoms with Gasteiger partial charge in [0, 0.05) is 32.6 Å². The molecule has 2 heteroatoms. The van der Waals surface area contributed by atoms with Crippen LogP contribution in [0.4, 0.5) is 0 Å². The normalized spacial score (nSPS) is 11.6. The van der Waals surface area contributed by atoms with Crippen LogP contribution in [-0.4, -0.2) is 4.98 Å². The van der Waals surface area contributed by atoms with Crippen molar-refractivity contribution in [1.29, 1.82) is 0 Å². The van der Waals surface area contributed by atoms with Gasteiger partial charge in [-0.3, -0.25) is 0 Å². The molecule has 0 saturated carbocycles. The second-order valence-electron chi connectivity index (χ2n) is 13.0. The van der Waals surface area contributed by atoms with E-state index in [0.29, 0.717) is 0 Å². The number of H-pyrrole nitrogens is 1. The van der Waals surface area contributed by atoms with Crippen LogP contribution in [0, 0.1) is 0 Å². The molecule has 0 atom stereocenters. The fourth-order valence-corrected chi connectivity index (χ4v) is 7.62. The molecule has 8 aromatic carbocycles. The van der Waals surface area contributed by atoms with E-state index < -0.39 is 0 Å². The van der Waals surface area contributed by atoms with Gasteiger partial charge in [0.2, 0.25) is 0 Å². The van der Waals surface area contributed by atoms with E-state index in [-0.39, 0.29) is 0 Å². The van der Waals surface area contributed by atoms with E-state index in [9.17, 15) is 0 Å². The summed E-state index contributed by atoms with van der Waals surface area (Å²) >= 11 is 0. The van der Waals surface area contributed by atoms with E-state index >= 15 is 0 Å². The first-order valence-electron chi connectivity index (χ1n) is 17.1. The Morgan fingerprint density at radius 2 is 0.880 bits per heavy atom. The fourth-order valence-electron chi connectivity index (χ4n) is 7.62. The summed E-state index contributed by atoms with van der Waals surface area (Å²) in [6.45, 7) is 0. The number of rotatable bonds is 5. The van der Waals surface area contributed by atoms with Crippen molar-refractivity contribution >= 4 is 43.7 Å². The molecule has 0 aliphatic carbocycles. The topological polar surface area (TPSA) is 28.9 Å². The van der Waals surface area contributed by atoms with Crippen molar-refractivity contribution in [3.8, 4) is 55.6 Å². The number of para-hydroxylation sites is 2. The Bertz CT molecular complexity index is 2840. The highest BCUT2D eigenvalue weighted by molar-refractivity contribution is 6.29. The molecular weight excluding hydrogens is 607 g/mol. The summed E-state index contributed by atoms with van der Waals surface area (Å²) < 4.78 is 6.61. The van der Waals surface area contributed by atoms with Gasteiger partial charge in [0.25, 0.3) is 0 Å². The molecule has 10 aromatic rings. The Hall–Kier alpha value is -6.64. The van der Waals surface area contributed by atoms with Crippen LogP contribution in [0.3, 0.4) is 0 Å². The van der Waals surface area contributed by atoms with Crippen molar-refractivity contribution in [1.82, 2.24) is 4.98 Å². The average Bonchev–Trinajstić information content (AvgIpc) is 3.76. The third kappa shape index (κ3) is 4.65. The van der Waals surface area contributed by atoms with Gasteiger partial charge in [-0.25, -0.2) is 0 Å². The molecule has 0 amide bonds. The molecule has 0 bridgehead atoms. The number of hydrogen-bond acceptors (Lipinski definition) is 1. The Morgan fingerprint density at radius 3 is 1.66 bits per heavy atom. The van der Waals surface area contributed by atoms with Crippen LogP contribution in [0.2, 0.25) is 0 Å². The van der Waals surface area contributed by atoms with Crippen molar-refractivity contribution in [3.05, 3.63) is 182 Å². The second kappa shape index (κ2) is 11.5. The maximum atomic E-state index is 6.61. The van der Waals surface area contributed by atoms with E-state index in [0.717, 1.165) is 44.1 Å². The standard InChI is InChI=1S/C48H31NO/c1-3-12-31(13-4-1)33-22-24-34(25-23-33)35-16-11-17-37(28-35)38-27-26-36(32-14-5-2-6-15-32)29-41(38)42-30-45-46(40-19-8-10-21-44(40)50-45)47-39-18-7-9-20-43(39)49-48(42)47/h1-30,49H. The lowest BCUT2D eigenvalue weighted by atomic mass is 9.88. The summed E-state index contributed by atoms with van der Waals surface area (Å²) in [5.74, 6) is 0. The van der Waals surface area contributed by atoms with E-state index in [1.807, 2.05) is 6.07 Å². The highest BCUT2D eigenvalue weighted by atomic mass is 16.3. The van der Waals surface area contributed by atoms with Crippen LogP contribution >= 0.6 is 0 Å². The first-order chi connectivity index (χ1) is 24.8. The molecular formula is C48H31NO. The smallest absolute Gasteiger partial charge is 0.136 e. The molecule has 2 heterocycles. The monoisotopic (exact) mass is 637 g/mol. The van der Waals surface area contributed by atoms with Gasteiger partial charge in [-0.05, 0) is 80.4 Å². The number of nitrogens with one attached hydrogen (secondary N) is 1. The lowest BCUT2D eigenvalue weighted by Crippen LogP contribution is -1.90. The molecule has 10 rings (SSSR count). The van der Waals surface area contributed by atoms with Gasteiger partial charge in [0.1, 0.15) is 11.2 Å². The molecule has 0 unspecified atom stereocenters. The third-order valence-electron chi connectivity index (χ3n) is 10.0. The van der Waals surface area contributed by atoms with Crippen molar-refractivity contribution in [2.45, 2.75) is 0 Å². The minimum Gasteiger partial charge on any atom is -0.456 e. The lowest BCUT2D eigenvalue weighted by Gasteiger charge is -2.15. The van der Waals surface area contributed by atoms with Crippen LogP contribution in [0.25, 0.3) is 99.4 Å². The summed E-state index contributed by atoms with van der Waals surface area (Å²) in [6, 6.07) is 65.1. The molecule has 0 radical (unpaired) electrons. The molecule has 234 valence electrons. The molecule has 0 aliphatic rings. The Labute approximate surface area is 289 Å². The number of furan rings is 1. The summed E-state index contributed by atoms with van der Waals surface area (Å²) in [5, 5.41) is 4.68. The Morgan fingerprint density at radius 1 is 0.320 bits per heavy atom. The largest absolute Gasteiger partial charge is 0.456 e. The van der Waals surface area contributed by atoms with Crippen molar-refractivity contribution in [3.63, 3.8) is 0 Å². The van der Waals surface area contributed by atoms with Crippen LogP contribution in [0.15, 0.2) is 186 Å². The van der Waals surface area contributed by atoms with E-state index in [1.165, 1.54) is 55.3 Å². The average molecular weight is 638 g/mol. The Kier molecular flexibility index (Phi) is 6.53. The number of aromatic amines is 1. The minimum atomic E-state index is 0.891. The molecule has 0 aliphatic heterocycles. The minimum absolute atomic E-state index is 0.891. The predicted octanol–water partition coefficient (Wildman–Crippen LogP) is 13.6. The predicted molar refractivity (Wildman–Crippen MR) is 210 cm³/mol. The van der Waals surface area contributed by atoms with E-state index in [4.69, 9.17) is 4.42 Å². The van der Waals surface area contributed by atoms with Crippen LogP contribution < -0.4 is 0 Å². The van der Waals surface area contributed by atoms with Crippen molar-refractivity contribution < 1.29 is 4.42 Å². The fraction of sp³-hybridized carbons (Fsp3) is 0. The third-order valence-corrected chi connectivity index (χ3v) is 10.0. The van der Waals surface area contributed by atoms with Crippen LogP contribution in [0.5, 0.6) is 0 Å².